The maximum atomic E-state index is 13.7. The van der Waals surface area contributed by atoms with E-state index in [1.165, 1.54) is 18.2 Å². The molecule has 0 aliphatic heterocycles. The molecule has 2 rings (SSSR count). The molecule has 1 aromatic carbocycles. The van der Waals surface area contributed by atoms with Gasteiger partial charge in [0.15, 0.2) is 0 Å². The highest BCUT2D eigenvalue weighted by Crippen LogP contribution is 2.22. The van der Waals surface area contributed by atoms with Crippen molar-refractivity contribution in [1.29, 1.82) is 0 Å². The molecule has 4 nitrogen and oxygen atoms in total. The standard InChI is InChI=1S/C14H13FN2O2/c1-2-19-14(18)10-5-3-4-9(8-10)13-11(15)6-7-12(16)17-13/h3-8H,2H2,1H3,(H2,16,17). The Labute approximate surface area is 110 Å². The van der Waals surface area contributed by atoms with Crippen molar-refractivity contribution in [1.82, 2.24) is 4.98 Å². The minimum Gasteiger partial charge on any atom is -0.462 e. The van der Waals surface area contributed by atoms with Crippen LogP contribution in [0.15, 0.2) is 36.4 Å². The second-order valence-electron chi connectivity index (χ2n) is 3.87. The summed E-state index contributed by atoms with van der Waals surface area (Å²) in [5, 5.41) is 0. The van der Waals surface area contributed by atoms with Crippen LogP contribution < -0.4 is 5.73 Å². The number of hydrogen-bond donors (Lipinski definition) is 1. The molecule has 2 aromatic rings. The molecule has 19 heavy (non-hydrogen) atoms. The Balaban J connectivity index is 2.43. The molecule has 0 unspecified atom stereocenters. The zero-order valence-corrected chi connectivity index (χ0v) is 10.4. The number of anilines is 1. The van der Waals surface area contributed by atoms with Crippen LogP contribution in [0.5, 0.6) is 0 Å². The lowest BCUT2D eigenvalue weighted by molar-refractivity contribution is 0.0526. The Morgan fingerprint density at radius 1 is 1.37 bits per heavy atom. The lowest BCUT2D eigenvalue weighted by Crippen LogP contribution is -2.04. The zero-order valence-electron chi connectivity index (χ0n) is 10.4. The molecule has 0 aliphatic rings. The number of rotatable bonds is 3. The Hall–Kier alpha value is -2.43. The Morgan fingerprint density at radius 3 is 2.89 bits per heavy atom. The number of carbonyl (C=O) groups excluding carboxylic acids is 1. The molecule has 1 heterocycles. The van der Waals surface area contributed by atoms with Crippen LogP contribution in [0.3, 0.4) is 0 Å². The van der Waals surface area contributed by atoms with Crippen LogP contribution in [-0.2, 0) is 4.74 Å². The first kappa shape index (κ1) is 13.0. The number of pyridine rings is 1. The number of nitrogen functional groups attached to an aromatic ring is 1. The van der Waals surface area contributed by atoms with E-state index in [1.54, 1.807) is 25.1 Å². The van der Waals surface area contributed by atoms with E-state index in [0.29, 0.717) is 11.1 Å². The number of carbonyl (C=O) groups is 1. The molecule has 0 amide bonds. The number of benzene rings is 1. The van der Waals surface area contributed by atoms with Gasteiger partial charge in [-0.1, -0.05) is 12.1 Å². The maximum absolute atomic E-state index is 13.7. The summed E-state index contributed by atoms with van der Waals surface area (Å²) in [6, 6.07) is 9.07. The first-order valence-electron chi connectivity index (χ1n) is 5.81. The molecular formula is C14H13FN2O2. The van der Waals surface area contributed by atoms with Gasteiger partial charge in [0, 0.05) is 5.56 Å². The van der Waals surface area contributed by atoms with Gasteiger partial charge in [-0.05, 0) is 31.2 Å². The SMILES string of the molecule is CCOC(=O)c1cccc(-c2nc(N)ccc2F)c1. The van der Waals surface area contributed by atoms with Crippen molar-refractivity contribution in [3.63, 3.8) is 0 Å². The summed E-state index contributed by atoms with van der Waals surface area (Å²) in [5.74, 6) is -0.721. The molecule has 0 radical (unpaired) electrons. The van der Waals surface area contributed by atoms with Gasteiger partial charge in [-0.3, -0.25) is 0 Å². The van der Waals surface area contributed by atoms with E-state index in [0.717, 1.165) is 0 Å². The highest BCUT2D eigenvalue weighted by Gasteiger charge is 2.11. The second-order valence-corrected chi connectivity index (χ2v) is 3.87. The van der Waals surface area contributed by atoms with Crippen LogP contribution >= 0.6 is 0 Å². The summed E-state index contributed by atoms with van der Waals surface area (Å²) >= 11 is 0. The van der Waals surface area contributed by atoms with Gasteiger partial charge >= 0.3 is 5.97 Å². The summed E-state index contributed by atoms with van der Waals surface area (Å²) < 4.78 is 18.6. The van der Waals surface area contributed by atoms with Gasteiger partial charge in [0.2, 0.25) is 0 Å². The summed E-state index contributed by atoms with van der Waals surface area (Å²) in [7, 11) is 0. The highest BCUT2D eigenvalue weighted by atomic mass is 19.1. The molecule has 0 bridgehead atoms. The van der Waals surface area contributed by atoms with Crippen LogP contribution in [0.2, 0.25) is 0 Å². The number of ether oxygens (including phenoxy) is 1. The monoisotopic (exact) mass is 260 g/mol. The molecule has 0 fully saturated rings. The van der Waals surface area contributed by atoms with Crippen molar-refractivity contribution in [3.8, 4) is 11.3 Å². The van der Waals surface area contributed by atoms with Gasteiger partial charge in [-0.2, -0.15) is 0 Å². The molecule has 98 valence electrons. The fourth-order valence-corrected chi connectivity index (χ4v) is 1.67. The van der Waals surface area contributed by atoms with E-state index in [2.05, 4.69) is 4.98 Å². The molecule has 0 spiro atoms. The third kappa shape index (κ3) is 2.88. The van der Waals surface area contributed by atoms with E-state index >= 15 is 0 Å². The van der Waals surface area contributed by atoms with Crippen molar-refractivity contribution < 1.29 is 13.9 Å². The highest BCUT2D eigenvalue weighted by molar-refractivity contribution is 5.90. The fourth-order valence-electron chi connectivity index (χ4n) is 1.67. The van der Waals surface area contributed by atoms with Crippen LogP contribution in [0.25, 0.3) is 11.3 Å². The zero-order chi connectivity index (χ0) is 13.8. The van der Waals surface area contributed by atoms with Crippen molar-refractivity contribution in [3.05, 3.63) is 47.8 Å². The maximum Gasteiger partial charge on any atom is 0.338 e. The third-order valence-electron chi connectivity index (χ3n) is 2.51. The van der Waals surface area contributed by atoms with Gasteiger partial charge in [0.05, 0.1) is 12.2 Å². The lowest BCUT2D eigenvalue weighted by Gasteiger charge is -2.06. The average Bonchev–Trinajstić information content (AvgIpc) is 2.42. The van der Waals surface area contributed by atoms with Crippen LogP contribution in [0, 0.1) is 5.82 Å². The summed E-state index contributed by atoms with van der Waals surface area (Å²) in [5.41, 5.74) is 6.49. The van der Waals surface area contributed by atoms with Crippen LogP contribution in [-0.4, -0.2) is 17.6 Å². The molecule has 5 heteroatoms. The van der Waals surface area contributed by atoms with Crippen molar-refractivity contribution in [2.45, 2.75) is 6.92 Å². The minimum absolute atomic E-state index is 0.117. The smallest absolute Gasteiger partial charge is 0.338 e. The number of halogens is 1. The summed E-state index contributed by atoms with van der Waals surface area (Å²) in [6.45, 7) is 2.01. The topological polar surface area (TPSA) is 65.2 Å². The second kappa shape index (κ2) is 5.48. The van der Waals surface area contributed by atoms with Gasteiger partial charge in [0.25, 0.3) is 0 Å². The largest absolute Gasteiger partial charge is 0.462 e. The Morgan fingerprint density at radius 2 is 2.16 bits per heavy atom. The Kier molecular flexibility index (Phi) is 3.75. The number of nitrogens with two attached hydrogens (primary N) is 1. The number of aromatic nitrogens is 1. The Bertz CT molecular complexity index is 614. The molecular weight excluding hydrogens is 247 g/mol. The fraction of sp³-hybridized carbons (Fsp3) is 0.143. The quantitative estimate of drug-likeness (QED) is 0.861. The van der Waals surface area contributed by atoms with E-state index in [1.807, 2.05) is 0 Å². The molecule has 0 saturated carbocycles. The average molecular weight is 260 g/mol. The minimum atomic E-state index is -0.491. The van der Waals surface area contributed by atoms with E-state index in [9.17, 15) is 9.18 Å². The first-order chi connectivity index (χ1) is 9.11. The predicted molar refractivity (Wildman–Crippen MR) is 70.0 cm³/mol. The predicted octanol–water partition coefficient (Wildman–Crippen LogP) is 2.65. The molecule has 2 N–H and O–H groups in total. The number of nitrogens with zero attached hydrogens (tertiary/aromatic N) is 1. The van der Waals surface area contributed by atoms with Gasteiger partial charge < -0.3 is 10.5 Å². The third-order valence-corrected chi connectivity index (χ3v) is 2.51. The van der Waals surface area contributed by atoms with E-state index < -0.39 is 11.8 Å². The van der Waals surface area contributed by atoms with Gasteiger partial charge in [-0.15, -0.1) is 0 Å². The molecule has 1 aromatic heterocycles. The van der Waals surface area contributed by atoms with Gasteiger partial charge in [-0.25, -0.2) is 14.2 Å². The van der Waals surface area contributed by atoms with Crippen molar-refractivity contribution >= 4 is 11.8 Å². The molecule has 0 aliphatic carbocycles. The number of esters is 1. The number of hydrogen-bond acceptors (Lipinski definition) is 4. The molecule has 0 saturated heterocycles. The van der Waals surface area contributed by atoms with Crippen LogP contribution in [0.4, 0.5) is 10.2 Å². The van der Waals surface area contributed by atoms with E-state index in [4.69, 9.17) is 10.5 Å². The normalized spacial score (nSPS) is 10.2. The van der Waals surface area contributed by atoms with Gasteiger partial charge in [0.1, 0.15) is 17.3 Å². The summed E-state index contributed by atoms with van der Waals surface area (Å²) in [4.78, 5) is 15.6. The van der Waals surface area contributed by atoms with Crippen LogP contribution in [0.1, 0.15) is 17.3 Å². The first-order valence-corrected chi connectivity index (χ1v) is 5.81. The lowest BCUT2D eigenvalue weighted by atomic mass is 10.1. The van der Waals surface area contributed by atoms with Crippen molar-refractivity contribution in [2.24, 2.45) is 0 Å². The summed E-state index contributed by atoms with van der Waals surface area (Å²) in [6.07, 6.45) is 0. The molecule has 0 atom stereocenters. The van der Waals surface area contributed by atoms with Crippen molar-refractivity contribution in [2.75, 3.05) is 12.3 Å². The van der Waals surface area contributed by atoms with E-state index in [-0.39, 0.29) is 18.1 Å².